The number of piperidine rings is 1. The van der Waals surface area contributed by atoms with Crippen LogP contribution < -0.4 is 10.6 Å². The van der Waals surface area contributed by atoms with Gasteiger partial charge in [0.2, 0.25) is 5.91 Å². The van der Waals surface area contributed by atoms with Gasteiger partial charge in [-0.2, -0.15) is 0 Å². The Kier molecular flexibility index (Phi) is 4.81. The number of benzene rings is 1. The average Bonchev–Trinajstić information content (AvgIpc) is 2.46. The lowest BCUT2D eigenvalue weighted by Gasteiger charge is -2.28. The minimum Gasteiger partial charge on any atom is -0.354 e. The van der Waals surface area contributed by atoms with Gasteiger partial charge in [-0.25, -0.2) is 0 Å². The first-order valence-electron chi connectivity index (χ1n) is 7.57. The van der Waals surface area contributed by atoms with Gasteiger partial charge in [-0.3, -0.25) is 4.79 Å². The maximum Gasteiger partial charge on any atom is 0.237 e. The van der Waals surface area contributed by atoms with E-state index < -0.39 is 0 Å². The molecule has 1 heterocycles. The van der Waals surface area contributed by atoms with E-state index in [9.17, 15) is 4.79 Å². The predicted octanol–water partition coefficient (Wildman–Crippen LogP) is 2.53. The van der Waals surface area contributed by atoms with Gasteiger partial charge in [0.25, 0.3) is 0 Å². The summed E-state index contributed by atoms with van der Waals surface area (Å²) >= 11 is 0. The summed E-state index contributed by atoms with van der Waals surface area (Å²) in [6.45, 7) is 8.09. The first kappa shape index (κ1) is 15.0. The molecular formula is C17H26N2O. The minimum absolute atomic E-state index is 0.00272. The van der Waals surface area contributed by atoms with Crippen molar-refractivity contribution in [2.24, 2.45) is 0 Å². The molecule has 1 aliphatic heterocycles. The van der Waals surface area contributed by atoms with E-state index >= 15 is 0 Å². The molecule has 1 unspecified atom stereocenters. The standard InChI is InChI=1S/C17H26N2O/c1-13-7-6-8-14(11-13)17(2,3)12-19-16(20)15-9-4-5-10-18-15/h6-8,11,15,18H,4-5,9-10,12H2,1-3H3,(H,19,20). The van der Waals surface area contributed by atoms with Gasteiger partial charge in [0.05, 0.1) is 6.04 Å². The number of rotatable bonds is 4. The molecule has 0 aliphatic carbocycles. The zero-order chi connectivity index (χ0) is 14.6. The first-order valence-corrected chi connectivity index (χ1v) is 7.57. The van der Waals surface area contributed by atoms with Gasteiger partial charge in [-0.05, 0) is 31.9 Å². The van der Waals surface area contributed by atoms with E-state index in [4.69, 9.17) is 0 Å². The number of carbonyl (C=O) groups is 1. The molecule has 0 bridgehead atoms. The van der Waals surface area contributed by atoms with Crippen LogP contribution in [0.2, 0.25) is 0 Å². The SMILES string of the molecule is Cc1cccc(C(C)(C)CNC(=O)C2CCCCN2)c1. The Balaban J connectivity index is 1.93. The topological polar surface area (TPSA) is 41.1 Å². The van der Waals surface area contributed by atoms with Gasteiger partial charge in [0, 0.05) is 12.0 Å². The fourth-order valence-corrected chi connectivity index (χ4v) is 2.67. The van der Waals surface area contributed by atoms with Gasteiger partial charge < -0.3 is 10.6 Å². The van der Waals surface area contributed by atoms with Crippen LogP contribution in [-0.2, 0) is 10.2 Å². The van der Waals surface area contributed by atoms with Crippen molar-refractivity contribution in [1.29, 1.82) is 0 Å². The molecule has 0 aromatic heterocycles. The van der Waals surface area contributed by atoms with Crippen LogP contribution in [0.15, 0.2) is 24.3 Å². The number of aryl methyl sites for hydroxylation is 1. The Morgan fingerprint density at radius 1 is 1.40 bits per heavy atom. The van der Waals surface area contributed by atoms with Gasteiger partial charge in [0.1, 0.15) is 0 Å². The van der Waals surface area contributed by atoms with Crippen molar-refractivity contribution in [2.45, 2.75) is 51.5 Å². The maximum atomic E-state index is 12.2. The molecule has 2 N–H and O–H groups in total. The Morgan fingerprint density at radius 2 is 2.20 bits per heavy atom. The van der Waals surface area contributed by atoms with Crippen LogP contribution in [0.3, 0.4) is 0 Å². The Morgan fingerprint density at radius 3 is 2.85 bits per heavy atom. The van der Waals surface area contributed by atoms with Crippen LogP contribution in [0.25, 0.3) is 0 Å². The highest BCUT2D eigenvalue weighted by Crippen LogP contribution is 2.23. The molecule has 1 atom stereocenters. The minimum atomic E-state index is -0.0453. The second-order valence-corrected chi connectivity index (χ2v) is 6.47. The molecule has 1 aromatic carbocycles. The van der Waals surface area contributed by atoms with E-state index in [1.807, 2.05) is 0 Å². The molecule has 0 saturated carbocycles. The zero-order valence-electron chi connectivity index (χ0n) is 12.8. The quantitative estimate of drug-likeness (QED) is 0.886. The normalized spacial score (nSPS) is 19.6. The van der Waals surface area contributed by atoms with E-state index in [2.05, 4.69) is 55.7 Å². The molecule has 2 rings (SSSR count). The Bertz CT molecular complexity index is 462. The summed E-state index contributed by atoms with van der Waals surface area (Å²) in [4.78, 5) is 12.2. The lowest BCUT2D eigenvalue weighted by molar-refractivity contribution is -0.123. The van der Waals surface area contributed by atoms with Crippen molar-refractivity contribution in [3.63, 3.8) is 0 Å². The third-order valence-electron chi connectivity index (χ3n) is 4.13. The average molecular weight is 274 g/mol. The molecule has 1 amide bonds. The van der Waals surface area contributed by atoms with E-state index in [-0.39, 0.29) is 17.4 Å². The summed E-state index contributed by atoms with van der Waals surface area (Å²) in [6.07, 6.45) is 3.28. The van der Waals surface area contributed by atoms with E-state index in [1.54, 1.807) is 0 Å². The van der Waals surface area contributed by atoms with Crippen LogP contribution in [0.4, 0.5) is 0 Å². The van der Waals surface area contributed by atoms with Crippen molar-refractivity contribution in [1.82, 2.24) is 10.6 Å². The highest BCUT2D eigenvalue weighted by atomic mass is 16.2. The zero-order valence-corrected chi connectivity index (χ0v) is 12.8. The van der Waals surface area contributed by atoms with Crippen molar-refractivity contribution < 1.29 is 4.79 Å². The van der Waals surface area contributed by atoms with Gasteiger partial charge >= 0.3 is 0 Å². The van der Waals surface area contributed by atoms with Crippen LogP contribution in [0, 0.1) is 6.92 Å². The summed E-state index contributed by atoms with van der Waals surface area (Å²) in [5, 5.41) is 6.40. The Hall–Kier alpha value is -1.35. The molecule has 110 valence electrons. The molecule has 0 spiro atoms. The molecular weight excluding hydrogens is 248 g/mol. The lowest BCUT2D eigenvalue weighted by atomic mass is 9.84. The summed E-state index contributed by atoms with van der Waals surface area (Å²) < 4.78 is 0. The largest absolute Gasteiger partial charge is 0.354 e. The van der Waals surface area contributed by atoms with Crippen molar-refractivity contribution in [3.8, 4) is 0 Å². The number of carbonyl (C=O) groups excluding carboxylic acids is 1. The van der Waals surface area contributed by atoms with Crippen LogP contribution >= 0.6 is 0 Å². The number of nitrogens with one attached hydrogen (secondary N) is 2. The van der Waals surface area contributed by atoms with Crippen molar-refractivity contribution >= 4 is 5.91 Å². The predicted molar refractivity (Wildman–Crippen MR) is 82.9 cm³/mol. The lowest BCUT2D eigenvalue weighted by Crippen LogP contribution is -2.49. The highest BCUT2D eigenvalue weighted by molar-refractivity contribution is 5.81. The summed E-state index contributed by atoms with van der Waals surface area (Å²) in [5.41, 5.74) is 2.49. The fourth-order valence-electron chi connectivity index (χ4n) is 2.67. The first-order chi connectivity index (χ1) is 9.49. The molecule has 3 heteroatoms. The van der Waals surface area contributed by atoms with Crippen LogP contribution in [-0.4, -0.2) is 25.0 Å². The second kappa shape index (κ2) is 6.40. The van der Waals surface area contributed by atoms with Gasteiger partial charge in [-0.15, -0.1) is 0 Å². The summed E-state index contributed by atoms with van der Waals surface area (Å²) in [7, 11) is 0. The van der Waals surface area contributed by atoms with E-state index in [1.165, 1.54) is 17.5 Å². The molecule has 1 aliphatic rings. The molecule has 1 fully saturated rings. The van der Waals surface area contributed by atoms with Crippen molar-refractivity contribution in [3.05, 3.63) is 35.4 Å². The van der Waals surface area contributed by atoms with Gasteiger partial charge in [-0.1, -0.05) is 50.1 Å². The van der Waals surface area contributed by atoms with Crippen molar-refractivity contribution in [2.75, 3.05) is 13.1 Å². The maximum absolute atomic E-state index is 12.2. The Labute approximate surface area is 122 Å². The van der Waals surface area contributed by atoms with Gasteiger partial charge in [0.15, 0.2) is 0 Å². The monoisotopic (exact) mass is 274 g/mol. The fraction of sp³-hybridized carbons (Fsp3) is 0.588. The van der Waals surface area contributed by atoms with Crippen LogP contribution in [0.1, 0.15) is 44.2 Å². The number of hydrogen-bond donors (Lipinski definition) is 2. The third kappa shape index (κ3) is 3.83. The molecule has 20 heavy (non-hydrogen) atoms. The molecule has 1 saturated heterocycles. The third-order valence-corrected chi connectivity index (χ3v) is 4.13. The van der Waals surface area contributed by atoms with E-state index in [0.717, 1.165) is 19.4 Å². The number of hydrogen-bond acceptors (Lipinski definition) is 2. The highest BCUT2D eigenvalue weighted by Gasteiger charge is 2.25. The second-order valence-electron chi connectivity index (χ2n) is 6.47. The summed E-state index contributed by atoms with van der Waals surface area (Å²) in [5.74, 6) is 0.144. The van der Waals surface area contributed by atoms with Crippen LogP contribution in [0.5, 0.6) is 0 Å². The molecule has 3 nitrogen and oxygen atoms in total. The van der Waals surface area contributed by atoms with E-state index in [0.29, 0.717) is 6.54 Å². The smallest absolute Gasteiger partial charge is 0.237 e. The molecule has 1 aromatic rings. The molecule has 0 radical (unpaired) electrons. The number of amides is 1. The summed E-state index contributed by atoms with van der Waals surface area (Å²) in [6, 6.07) is 8.52.